The molecule has 0 bridgehead atoms. The summed E-state index contributed by atoms with van der Waals surface area (Å²) < 4.78 is 46.2. The van der Waals surface area contributed by atoms with E-state index >= 15 is 0 Å². The van der Waals surface area contributed by atoms with Crippen molar-refractivity contribution in [3.63, 3.8) is 0 Å². The second kappa shape index (κ2) is 12.1. The van der Waals surface area contributed by atoms with Gasteiger partial charge in [0.1, 0.15) is 0 Å². The molecule has 0 aliphatic heterocycles. The monoisotopic (exact) mass is 530 g/mol. The molecule has 0 radical (unpaired) electrons. The Hall–Kier alpha value is -4.26. The highest BCUT2D eigenvalue weighted by Crippen LogP contribution is 2.22. The van der Waals surface area contributed by atoms with Gasteiger partial charge in [0.2, 0.25) is 11.9 Å². The van der Waals surface area contributed by atoms with Crippen LogP contribution in [0.15, 0.2) is 59.6 Å². The lowest BCUT2D eigenvalue weighted by Crippen LogP contribution is -2.29. The summed E-state index contributed by atoms with van der Waals surface area (Å²) in [6.45, 7) is 1.77. The molecule has 0 aliphatic rings. The average Bonchev–Trinajstić information content (AvgIpc) is 2.86. The van der Waals surface area contributed by atoms with Crippen molar-refractivity contribution >= 4 is 45.2 Å². The maximum absolute atomic E-state index is 14.4. The quantitative estimate of drug-likeness (QED) is 0.358. The second-order valence-electron chi connectivity index (χ2n) is 8.01. The van der Waals surface area contributed by atoms with Gasteiger partial charge in [-0.1, -0.05) is 25.1 Å². The predicted octanol–water partition coefficient (Wildman–Crippen LogP) is 3.56. The molecule has 196 valence electrons. The molecule has 11 nitrogen and oxygen atoms in total. The predicted molar refractivity (Wildman–Crippen MR) is 136 cm³/mol. The van der Waals surface area contributed by atoms with E-state index in [2.05, 4.69) is 20.6 Å². The van der Waals surface area contributed by atoms with E-state index in [9.17, 15) is 22.4 Å². The van der Waals surface area contributed by atoms with Crippen LogP contribution >= 0.6 is 0 Å². The van der Waals surface area contributed by atoms with Gasteiger partial charge in [0, 0.05) is 38.3 Å². The zero-order valence-corrected chi connectivity index (χ0v) is 21.3. The van der Waals surface area contributed by atoms with Crippen molar-refractivity contribution in [2.75, 3.05) is 31.3 Å². The summed E-state index contributed by atoms with van der Waals surface area (Å²) in [6, 6.07) is 12.8. The molecule has 37 heavy (non-hydrogen) atoms. The molecule has 3 N–H and O–H groups in total. The molecular formula is C24H27FN6O5S. The Morgan fingerprint density at radius 2 is 1.78 bits per heavy atom. The van der Waals surface area contributed by atoms with Gasteiger partial charge >= 0.3 is 6.09 Å². The van der Waals surface area contributed by atoms with E-state index in [0.29, 0.717) is 17.8 Å². The molecule has 0 unspecified atom stereocenters. The highest BCUT2D eigenvalue weighted by Gasteiger charge is 2.17. The molecule has 0 spiro atoms. The highest BCUT2D eigenvalue weighted by atomic mass is 32.2. The fourth-order valence-corrected chi connectivity index (χ4v) is 4.04. The number of rotatable bonds is 10. The number of halogens is 1. The van der Waals surface area contributed by atoms with Crippen LogP contribution in [0, 0.1) is 5.82 Å². The minimum atomic E-state index is -4.04. The number of amides is 2. The van der Waals surface area contributed by atoms with E-state index in [1.807, 2.05) is 16.9 Å². The number of ether oxygens (including phenoxy) is 1. The van der Waals surface area contributed by atoms with E-state index in [1.54, 1.807) is 39.2 Å². The minimum absolute atomic E-state index is 0.0191. The van der Waals surface area contributed by atoms with Gasteiger partial charge in [-0.25, -0.2) is 27.3 Å². The summed E-state index contributed by atoms with van der Waals surface area (Å²) >= 11 is 0. The smallest absolute Gasteiger partial charge is 0.409 e. The zero-order valence-electron chi connectivity index (χ0n) is 20.5. The third-order valence-electron chi connectivity index (χ3n) is 4.91. The van der Waals surface area contributed by atoms with Gasteiger partial charge in [-0.3, -0.25) is 4.79 Å². The van der Waals surface area contributed by atoms with Crippen LogP contribution in [-0.2, 0) is 26.0 Å². The Morgan fingerprint density at radius 3 is 2.46 bits per heavy atom. The van der Waals surface area contributed by atoms with Crippen LogP contribution in [0.3, 0.4) is 0 Å². The van der Waals surface area contributed by atoms with Crippen molar-refractivity contribution in [2.45, 2.75) is 24.7 Å². The molecule has 0 fully saturated rings. The van der Waals surface area contributed by atoms with Crippen LogP contribution in [0.1, 0.15) is 18.9 Å². The van der Waals surface area contributed by atoms with Crippen molar-refractivity contribution in [2.24, 2.45) is 0 Å². The summed E-state index contributed by atoms with van der Waals surface area (Å²) in [5, 5.41) is 5.71. The Kier molecular flexibility index (Phi) is 8.95. The summed E-state index contributed by atoms with van der Waals surface area (Å²) in [4.78, 5) is 32.2. The lowest BCUT2D eigenvalue weighted by atomic mass is 10.1. The first-order valence-corrected chi connectivity index (χ1v) is 12.7. The molecule has 3 rings (SSSR count). The van der Waals surface area contributed by atoms with Gasteiger partial charge in [-0.15, -0.1) is 0 Å². The standard InChI is InChI=1S/C24H27FN6O5S/c1-4-21(32)30-37(34,35)19-7-5-6-18(14-19)28-23-26-15-20(25)22(29-23)27-17-10-8-16(9-11-17)12-13-36-24(33)31(2)3/h5-11,14-15H,4,12-13H2,1-3H3,(H,30,32)(H2,26,27,28,29). The lowest BCUT2D eigenvalue weighted by molar-refractivity contribution is -0.119. The van der Waals surface area contributed by atoms with Crippen molar-refractivity contribution < 1.29 is 27.1 Å². The summed E-state index contributed by atoms with van der Waals surface area (Å²) in [5.74, 6) is -1.39. The lowest BCUT2D eigenvalue weighted by Gasteiger charge is -2.12. The Balaban J connectivity index is 1.67. The first kappa shape index (κ1) is 27.3. The molecule has 13 heteroatoms. The van der Waals surface area contributed by atoms with Gasteiger partial charge in [0.05, 0.1) is 17.7 Å². The van der Waals surface area contributed by atoms with E-state index in [-0.39, 0.29) is 29.7 Å². The number of hydrogen-bond acceptors (Lipinski definition) is 9. The van der Waals surface area contributed by atoms with Gasteiger partial charge in [-0.05, 0) is 35.9 Å². The molecule has 1 aromatic heterocycles. The van der Waals surface area contributed by atoms with Gasteiger partial charge < -0.3 is 20.3 Å². The first-order chi connectivity index (χ1) is 17.6. The van der Waals surface area contributed by atoms with E-state index in [0.717, 1.165) is 11.8 Å². The summed E-state index contributed by atoms with van der Waals surface area (Å²) in [7, 11) is -0.831. The van der Waals surface area contributed by atoms with Crippen LogP contribution in [0.4, 0.5) is 32.3 Å². The van der Waals surface area contributed by atoms with Crippen LogP contribution in [0.2, 0.25) is 0 Å². The number of nitrogens with one attached hydrogen (secondary N) is 3. The number of nitrogens with zero attached hydrogens (tertiary/aromatic N) is 3. The Morgan fingerprint density at radius 1 is 1.05 bits per heavy atom. The number of carbonyl (C=O) groups excluding carboxylic acids is 2. The third kappa shape index (κ3) is 7.87. The number of carbonyl (C=O) groups is 2. The molecular weight excluding hydrogens is 503 g/mol. The SMILES string of the molecule is CCC(=O)NS(=O)(=O)c1cccc(Nc2ncc(F)c(Nc3ccc(CCOC(=O)N(C)C)cc3)n2)c1. The molecule has 0 atom stereocenters. The molecule has 1 heterocycles. The van der Waals surface area contributed by atoms with E-state index in [4.69, 9.17) is 4.74 Å². The van der Waals surface area contributed by atoms with Crippen LogP contribution < -0.4 is 15.4 Å². The van der Waals surface area contributed by atoms with Crippen LogP contribution in [0.5, 0.6) is 0 Å². The van der Waals surface area contributed by atoms with Crippen molar-refractivity contribution in [3.05, 3.63) is 66.1 Å². The molecule has 0 aliphatic carbocycles. The Labute approximate surface area is 214 Å². The fraction of sp³-hybridized carbons (Fsp3) is 0.250. The summed E-state index contributed by atoms with van der Waals surface area (Å²) in [5.41, 5.74) is 1.81. The fourth-order valence-electron chi connectivity index (χ4n) is 2.94. The third-order valence-corrected chi connectivity index (χ3v) is 6.28. The van der Waals surface area contributed by atoms with E-state index < -0.39 is 27.8 Å². The number of anilines is 4. The van der Waals surface area contributed by atoms with E-state index in [1.165, 1.54) is 23.1 Å². The molecule has 2 aromatic carbocycles. The number of hydrogen-bond donors (Lipinski definition) is 3. The average molecular weight is 531 g/mol. The highest BCUT2D eigenvalue weighted by molar-refractivity contribution is 7.90. The van der Waals surface area contributed by atoms with Gasteiger partial charge in [-0.2, -0.15) is 4.98 Å². The number of aromatic nitrogens is 2. The van der Waals surface area contributed by atoms with Crippen LogP contribution in [-0.4, -0.2) is 56.0 Å². The second-order valence-corrected chi connectivity index (χ2v) is 9.69. The first-order valence-electron chi connectivity index (χ1n) is 11.2. The van der Waals surface area contributed by atoms with Crippen LogP contribution in [0.25, 0.3) is 0 Å². The normalized spacial score (nSPS) is 10.9. The molecule has 0 saturated heterocycles. The maximum Gasteiger partial charge on any atom is 0.409 e. The molecule has 0 saturated carbocycles. The maximum atomic E-state index is 14.4. The van der Waals surface area contributed by atoms with Crippen molar-refractivity contribution in [1.82, 2.24) is 19.6 Å². The molecule has 3 aromatic rings. The molecule has 2 amide bonds. The van der Waals surface area contributed by atoms with Crippen molar-refractivity contribution in [3.8, 4) is 0 Å². The van der Waals surface area contributed by atoms with Crippen molar-refractivity contribution in [1.29, 1.82) is 0 Å². The number of benzene rings is 2. The topological polar surface area (TPSA) is 143 Å². The van der Waals surface area contributed by atoms with Gasteiger partial charge in [0.15, 0.2) is 11.6 Å². The minimum Gasteiger partial charge on any atom is -0.449 e. The van der Waals surface area contributed by atoms with Gasteiger partial charge in [0.25, 0.3) is 10.0 Å². The number of sulfonamides is 1. The zero-order chi connectivity index (χ0) is 27.0. The Bertz CT molecular complexity index is 1370. The largest absolute Gasteiger partial charge is 0.449 e. The summed E-state index contributed by atoms with van der Waals surface area (Å²) in [6.07, 6.45) is 1.10.